The van der Waals surface area contributed by atoms with Crippen LogP contribution in [0.4, 0.5) is 11.5 Å². The number of methoxy groups -OCH3 is 1. The van der Waals surface area contributed by atoms with E-state index in [4.69, 9.17) is 14.2 Å². The molecule has 15 nitrogen and oxygen atoms in total. The van der Waals surface area contributed by atoms with E-state index in [0.717, 1.165) is 129 Å². The van der Waals surface area contributed by atoms with Crippen molar-refractivity contribution in [2.24, 2.45) is 5.41 Å². The second-order valence-corrected chi connectivity index (χ2v) is 18.6. The first-order chi connectivity index (χ1) is 29.1. The number of rotatable bonds is 10. The van der Waals surface area contributed by atoms with Gasteiger partial charge in [0.25, 0.3) is 5.91 Å². The summed E-state index contributed by atoms with van der Waals surface area (Å²) in [4.78, 5) is 56.0. The number of fused-ring (bicyclic) bond motifs is 2. The van der Waals surface area contributed by atoms with Crippen LogP contribution in [0.25, 0.3) is 22.3 Å². The summed E-state index contributed by atoms with van der Waals surface area (Å²) in [7, 11) is 1.66. The predicted molar refractivity (Wildman–Crippen MR) is 223 cm³/mol. The lowest BCUT2D eigenvalue weighted by molar-refractivity contribution is -0.136. The maximum Gasteiger partial charge on any atom is 0.255 e. The molecule has 2 aromatic carbocycles. The van der Waals surface area contributed by atoms with E-state index in [-0.39, 0.29) is 29.9 Å². The lowest BCUT2D eigenvalue weighted by Gasteiger charge is -2.57. The minimum Gasteiger partial charge on any atom is -0.494 e. The zero-order valence-electron chi connectivity index (χ0n) is 34.5. The van der Waals surface area contributed by atoms with Gasteiger partial charge in [0.15, 0.2) is 0 Å². The molecule has 2 saturated carbocycles. The Kier molecular flexibility index (Phi) is 9.07. The van der Waals surface area contributed by atoms with Crippen LogP contribution in [0.5, 0.6) is 11.5 Å². The van der Waals surface area contributed by atoms with Gasteiger partial charge in [0, 0.05) is 66.6 Å². The van der Waals surface area contributed by atoms with Crippen LogP contribution in [0.3, 0.4) is 0 Å². The van der Waals surface area contributed by atoms with Crippen molar-refractivity contribution in [3.05, 3.63) is 53.9 Å². The van der Waals surface area contributed by atoms with Crippen LogP contribution in [0.1, 0.15) is 87.1 Å². The second-order valence-electron chi connectivity index (χ2n) is 18.6. The van der Waals surface area contributed by atoms with Gasteiger partial charge in [0.1, 0.15) is 35.3 Å². The largest absolute Gasteiger partial charge is 0.494 e. The topological polar surface area (TPSA) is 158 Å². The van der Waals surface area contributed by atoms with E-state index in [1.165, 1.54) is 12.8 Å². The van der Waals surface area contributed by atoms with Crippen LogP contribution < -0.4 is 24.6 Å². The van der Waals surface area contributed by atoms with Gasteiger partial charge >= 0.3 is 0 Å². The number of imide groups is 1. The Morgan fingerprint density at radius 3 is 2.42 bits per heavy atom. The molecular weight excluding hydrogens is 763 g/mol. The normalized spacial score (nSPS) is 26.2. The van der Waals surface area contributed by atoms with E-state index in [1.807, 2.05) is 24.3 Å². The minimum atomic E-state index is -0.642. The van der Waals surface area contributed by atoms with Gasteiger partial charge < -0.3 is 33.8 Å². The molecule has 7 heterocycles. The number of benzene rings is 2. The molecule has 5 aliphatic heterocycles. The Morgan fingerprint density at radius 2 is 1.67 bits per heavy atom. The number of aromatic nitrogens is 4. The van der Waals surface area contributed by atoms with E-state index in [0.29, 0.717) is 36.1 Å². The monoisotopic (exact) mass is 815 g/mol. The zero-order valence-corrected chi connectivity index (χ0v) is 34.5. The fraction of sp³-hybridized carbons (Fsp3) is 0.556. The number of carbonyl (C=O) groups excluding carboxylic acids is 3. The maximum absolute atomic E-state index is 13.4. The quantitative estimate of drug-likeness (QED) is 0.210. The van der Waals surface area contributed by atoms with Crippen molar-refractivity contribution in [3.8, 4) is 22.9 Å². The molecule has 2 N–H and O–H groups in total. The van der Waals surface area contributed by atoms with Crippen LogP contribution in [-0.4, -0.2) is 124 Å². The average Bonchev–Trinajstić information content (AvgIpc) is 3.65. The van der Waals surface area contributed by atoms with Crippen LogP contribution >= 0.6 is 0 Å². The molecule has 1 atom stereocenters. The van der Waals surface area contributed by atoms with Crippen LogP contribution in [0, 0.1) is 5.41 Å². The molecule has 6 fully saturated rings. The fourth-order valence-corrected chi connectivity index (χ4v) is 10.6. The third-order valence-electron chi connectivity index (χ3n) is 14.6. The molecule has 314 valence electrons. The molecule has 2 aliphatic carbocycles. The van der Waals surface area contributed by atoms with E-state index >= 15 is 0 Å². The summed E-state index contributed by atoms with van der Waals surface area (Å²) >= 11 is 0. The van der Waals surface area contributed by atoms with Crippen molar-refractivity contribution in [1.29, 1.82) is 0 Å². The number of nitrogens with zero attached hydrogens (tertiary/aromatic N) is 7. The number of aromatic amines is 1. The van der Waals surface area contributed by atoms with Crippen LogP contribution in [-0.2, 0) is 20.9 Å². The van der Waals surface area contributed by atoms with E-state index in [2.05, 4.69) is 59.2 Å². The first-order valence-corrected chi connectivity index (χ1v) is 21.9. The smallest absolute Gasteiger partial charge is 0.255 e. The van der Waals surface area contributed by atoms with Crippen molar-refractivity contribution in [1.82, 2.24) is 35.3 Å². The molecule has 1 unspecified atom stereocenters. The molecule has 0 bridgehead atoms. The summed E-state index contributed by atoms with van der Waals surface area (Å²) in [5, 5.41) is 11.1. The molecule has 15 heteroatoms. The molecule has 0 radical (unpaired) electrons. The highest BCUT2D eigenvalue weighted by atomic mass is 16.5. The van der Waals surface area contributed by atoms with Crippen LogP contribution in [0.2, 0.25) is 0 Å². The first-order valence-electron chi connectivity index (χ1n) is 21.9. The molecule has 7 aliphatic rings. The number of hydrogen-bond donors (Lipinski definition) is 2. The first kappa shape index (κ1) is 37.7. The fourth-order valence-electron chi connectivity index (χ4n) is 10.6. The summed E-state index contributed by atoms with van der Waals surface area (Å²) in [6, 6.07) is 12.0. The molecular formula is C45H53N9O6. The Morgan fingerprint density at radius 1 is 0.867 bits per heavy atom. The number of amides is 3. The van der Waals surface area contributed by atoms with E-state index in [1.54, 1.807) is 18.3 Å². The SMILES string of the molecule is COc1c(N2CC3(CCN(C4CC(OC5CCN(c6cc(-c7[nH]nc8ccc(OC9(C)CC9)cc78)ncn6)CC5)C4)CC3)C2)ccc2c1CN(C1CCC(=O)NC1=O)C2=O. The third-order valence-corrected chi connectivity index (χ3v) is 14.6. The lowest BCUT2D eigenvalue weighted by Crippen LogP contribution is -2.62. The Balaban J connectivity index is 0.637. The van der Waals surface area contributed by atoms with Crippen LogP contribution in [0.15, 0.2) is 42.7 Å². The van der Waals surface area contributed by atoms with Crippen molar-refractivity contribution in [2.75, 3.05) is 56.2 Å². The van der Waals surface area contributed by atoms with Crippen molar-refractivity contribution < 1.29 is 28.6 Å². The summed E-state index contributed by atoms with van der Waals surface area (Å²) in [6.07, 6.45) is 11.6. The van der Waals surface area contributed by atoms with Gasteiger partial charge in [-0.1, -0.05) is 0 Å². The Hall–Kier alpha value is -5.28. The number of likely N-dealkylation sites (tertiary alicyclic amines) is 1. The average molecular weight is 816 g/mol. The molecule has 1 spiro atoms. The van der Waals surface area contributed by atoms with Crippen molar-refractivity contribution >= 4 is 40.1 Å². The number of hydrogen-bond acceptors (Lipinski definition) is 12. The number of ether oxygens (including phenoxy) is 3. The highest BCUT2D eigenvalue weighted by molar-refractivity contribution is 6.06. The van der Waals surface area contributed by atoms with Gasteiger partial charge in [-0.05, 0) is 108 Å². The van der Waals surface area contributed by atoms with Gasteiger partial charge in [0.05, 0.1) is 48.5 Å². The zero-order chi connectivity index (χ0) is 40.8. The third kappa shape index (κ3) is 6.73. The molecule has 2 aromatic heterocycles. The summed E-state index contributed by atoms with van der Waals surface area (Å²) in [6.45, 7) is 8.45. The summed E-state index contributed by atoms with van der Waals surface area (Å²) in [5.74, 6) is 1.65. The number of H-pyrrole nitrogens is 1. The molecule has 3 amide bonds. The van der Waals surface area contributed by atoms with Crippen molar-refractivity contribution in [2.45, 2.75) is 108 Å². The summed E-state index contributed by atoms with van der Waals surface area (Å²) in [5.41, 5.74) is 5.28. The van der Waals surface area contributed by atoms with E-state index < -0.39 is 11.9 Å². The highest BCUT2D eigenvalue weighted by Gasteiger charge is 2.49. The highest BCUT2D eigenvalue weighted by Crippen LogP contribution is 2.49. The lowest BCUT2D eigenvalue weighted by atomic mass is 9.70. The summed E-state index contributed by atoms with van der Waals surface area (Å²) < 4.78 is 18.8. The Bertz CT molecular complexity index is 2350. The number of nitrogens with one attached hydrogen (secondary N) is 2. The number of piperidine rings is 3. The van der Waals surface area contributed by atoms with Gasteiger partial charge in [-0.3, -0.25) is 24.8 Å². The molecule has 4 aromatic rings. The number of anilines is 2. The molecule has 4 saturated heterocycles. The molecule has 60 heavy (non-hydrogen) atoms. The van der Waals surface area contributed by atoms with Gasteiger partial charge in [-0.15, -0.1) is 0 Å². The van der Waals surface area contributed by atoms with E-state index in [9.17, 15) is 14.4 Å². The minimum absolute atomic E-state index is 0.0446. The second kappa shape index (κ2) is 14.4. The van der Waals surface area contributed by atoms with Gasteiger partial charge in [-0.25, -0.2) is 9.97 Å². The predicted octanol–water partition coefficient (Wildman–Crippen LogP) is 4.84. The molecule has 11 rings (SSSR count). The van der Waals surface area contributed by atoms with Gasteiger partial charge in [0.2, 0.25) is 11.8 Å². The number of carbonyl (C=O) groups is 3. The van der Waals surface area contributed by atoms with Crippen molar-refractivity contribution in [3.63, 3.8) is 0 Å². The maximum atomic E-state index is 13.4. The van der Waals surface area contributed by atoms with Gasteiger partial charge in [-0.2, -0.15) is 5.10 Å². The standard InChI is InChI=1S/C45H53N9O6/c1-44(11-12-44)60-29-3-5-34-32(21-29)40(50-49-34)35-22-38(47-26-46-35)52-15-9-28(10-16-52)59-30-19-27(20-30)51-17-13-45(14-18-51)24-53(25-45)36-6-4-31-33(41(36)58-2)23-54(43(31)57)37-7-8-39(55)48-42(37)56/h3-6,21-22,26-28,30,37H,7-20,23-25H2,1-2H3,(H,49,50)(H,48,55,56). The Labute approximate surface area is 349 Å².